The van der Waals surface area contributed by atoms with Crippen molar-refractivity contribution in [3.8, 4) is 5.75 Å². The second kappa shape index (κ2) is 13.3. The Labute approximate surface area is 258 Å². The van der Waals surface area contributed by atoms with Gasteiger partial charge in [0.1, 0.15) is 17.6 Å². The Balaban J connectivity index is 1.71. The number of rotatable bonds is 11. The lowest BCUT2D eigenvalue weighted by atomic mass is 10.00. The van der Waals surface area contributed by atoms with Crippen LogP contribution in [0.25, 0.3) is 0 Å². The van der Waals surface area contributed by atoms with E-state index in [1.807, 2.05) is 73.7 Å². The van der Waals surface area contributed by atoms with Gasteiger partial charge in [0.25, 0.3) is 5.91 Å². The monoisotopic (exact) mass is 611 g/mol. The third kappa shape index (κ3) is 6.73. The van der Waals surface area contributed by atoms with E-state index in [2.05, 4.69) is 4.99 Å². The summed E-state index contributed by atoms with van der Waals surface area (Å²) in [6, 6.07) is 27.0. The van der Waals surface area contributed by atoms with E-state index in [4.69, 9.17) is 4.74 Å². The van der Waals surface area contributed by atoms with E-state index < -0.39 is 16.1 Å². The van der Waals surface area contributed by atoms with Gasteiger partial charge in [-0.25, -0.2) is 12.8 Å². The van der Waals surface area contributed by atoms with Crippen LogP contribution < -0.4 is 9.04 Å². The molecule has 1 heterocycles. The van der Waals surface area contributed by atoms with E-state index in [0.717, 1.165) is 33.7 Å². The van der Waals surface area contributed by atoms with Crippen LogP contribution in [0.1, 0.15) is 52.1 Å². The van der Waals surface area contributed by atoms with Gasteiger partial charge >= 0.3 is 0 Å². The van der Waals surface area contributed by atoms with Crippen molar-refractivity contribution in [3.63, 3.8) is 0 Å². The van der Waals surface area contributed by atoms with E-state index in [1.165, 1.54) is 19.2 Å². The average molecular weight is 612 g/mol. The van der Waals surface area contributed by atoms with Crippen LogP contribution in [0.3, 0.4) is 0 Å². The quantitative estimate of drug-likeness (QED) is 0.168. The minimum Gasteiger partial charge on any atom is -0.478 e. The summed E-state index contributed by atoms with van der Waals surface area (Å²) in [4.78, 5) is 20.5. The fraction of sp³-hybridized carbons (Fsp3) is 0.200. The number of sulfonamides is 1. The molecule has 226 valence electrons. The zero-order valence-corrected chi connectivity index (χ0v) is 25.7. The minimum atomic E-state index is -3.69. The highest BCUT2D eigenvalue weighted by Gasteiger charge is 2.38. The molecule has 0 unspecified atom stereocenters. The normalized spacial score (nSPS) is 13.3. The molecule has 1 aliphatic heterocycles. The summed E-state index contributed by atoms with van der Waals surface area (Å²) in [5, 5.41) is 0. The number of ether oxygens (including phenoxy) is 1. The number of carbonyl (C=O) groups is 1. The number of allylic oxidation sites excluding steroid dienone is 2. The molecule has 0 aliphatic carbocycles. The lowest BCUT2D eigenvalue weighted by Crippen LogP contribution is -2.26. The molecule has 7 nitrogen and oxygen atoms in total. The molecule has 0 saturated carbocycles. The number of amides is 1. The van der Waals surface area contributed by atoms with Crippen LogP contribution in [0.2, 0.25) is 0 Å². The smallest absolute Gasteiger partial charge is 0.258 e. The zero-order chi connectivity index (χ0) is 31.3. The summed E-state index contributed by atoms with van der Waals surface area (Å²) >= 11 is 0. The lowest BCUT2D eigenvalue weighted by Gasteiger charge is -2.25. The molecule has 0 radical (unpaired) electrons. The number of aliphatic imine (C=N–C) groups is 1. The average Bonchev–Trinajstić information content (AvgIpc) is 3.34. The van der Waals surface area contributed by atoms with Gasteiger partial charge in [-0.15, -0.1) is 0 Å². The number of anilines is 1. The van der Waals surface area contributed by atoms with Crippen LogP contribution in [0.4, 0.5) is 15.8 Å². The molecule has 0 N–H and O–H groups in total. The van der Waals surface area contributed by atoms with Crippen molar-refractivity contribution in [2.45, 2.75) is 32.5 Å². The minimum absolute atomic E-state index is 0.137. The molecule has 0 bridgehead atoms. The highest BCUT2D eigenvalue weighted by molar-refractivity contribution is 7.92. The van der Waals surface area contributed by atoms with Crippen LogP contribution in [-0.2, 0) is 23.1 Å². The Kier molecular flexibility index (Phi) is 9.25. The summed E-state index contributed by atoms with van der Waals surface area (Å²) in [6.45, 7) is 2.35. The van der Waals surface area contributed by atoms with Crippen LogP contribution >= 0.6 is 0 Å². The molecule has 0 saturated heterocycles. The highest BCUT2D eigenvalue weighted by atomic mass is 32.2. The van der Waals surface area contributed by atoms with Gasteiger partial charge in [-0.3, -0.25) is 14.1 Å². The molecule has 5 rings (SSSR count). The molecular weight excluding hydrogens is 577 g/mol. The molecule has 4 aromatic carbocycles. The Morgan fingerprint density at radius 3 is 2.18 bits per heavy atom. The Morgan fingerprint density at radius 2 is 1.61 bits per heavy atom. The van der Waals surface area contributed by atoms with Gasteiger partial charge in [-0.05, 0) is 47.4 Å². The molecule has 9 heteroatoms. The SMILES string of the molecule is CC/C=C\C=N/c1cc(N(C)S(C)(=O)=O)c2c(c1OC(c1ccccc1)c1ccccc1)C(=O)N(Cc1ccc(F)cc1)C2. The third-order valence-electron chi connectivity index (χ3n) is 7.43. The number of nitrogens with zero attached hydrogens (tertiary/aromatic N) is 3. The fourth-order valence-electron chi connectivity index (χ4n) is 5.12. The maximum absolute atomic E-state index is 14.2. The summed E-state index contributed by atoms with van der Waals surface area (Å²) in [6.07, 6.45) is 6.68. The number of benzene rings is 4. The number of hydrogen-bond acceptors (Lipinski definition) is 5. The van der Waals surface area contributed by atoms with Gasteiger partial charge in [0, 0.05) is 31.9 Å². The maximum Gasteiger partial charge on any atom is 0.258 e. The second-order valence-corrected chi connectivity index (χ2v) is 12.6. The van der Waals surface area contributed by atoms with E-state index in [-0.39, 0.29) is 36.1 Å². The van der Waals surface area contributed by atoms with Gasteiger partial charge < -0.3 is 9.64 Å². The maximum atomic E-state index is 14.2. The Morgan fingerprint density at radius 1 is 1.00 bits per heavy atom. The highest BCUT2D eigenvalue weighted by Crippen LogP contribution is 2.47. The van der Waals surface area contributed by atoms with Crippen molar-refractivity contribution in [2.75, 3.05) is 17.6 Å². The number of halogens is 1. The van der Waals surface area contributed by atoms with E-state index >= 15 is 0 Å². The van der Waals surface area contributed by atoms with Crippen molar-refractivity contribution in [2.24, 2.45) is 4.99 Å². The third-order valence-corrected chi connectivity index (χ3v) is 8.62. The molecule has 0 atom stereocenters. The van der Waals surface area contributed by atoms with Crippen LogP contribution in [0, 0.1) is 5.82 Å². The molecular formula is C35H34FN3O4S. The van der Waals surface area contributed by atoms with Crippen molar-refractivity contribution in [1.29, 1.82) is 0 Å². The van der Waals surface area contributed by atoms with Gasteiger partial charge in [0.15, 0.2) is 5.75 Å². The topological polar surface area (TPSA) is 79.3 Å². The molecule has 1 aliphatic rings. The first-order chi connectivity index (χ1) is 21.2. The summed E-state index contributed by atoms with van der Waals surface area (Å²) in [7, 11) is -2.23. The predicted octanol–water partition coefficient (Wildman–Crippen LogP) is 7.21. The second-order valence-electron chi connectivity index (χ2n) is 10.5. The van der Waals surface area contributed by atoms with Gasteiger partial charge in [-0.2, -0.15) is 0 Å². The van der Waals surface area contributed by atoms with Gasteiger partial charge in [0.2, 0.25) is 10.0 Å². The van der Waals surface area contributed by atoms with E-state index in [1.54, 1.807) is 35.4 Å². The molecule has 0 aromatic heterocycles. The first kappa shape index (κ1) is 30.7. The van der Waals surface area contributed by atoms with Crippen molar-refractivity contribution in [1.82, 2.24) is 4.90 Å². The summed E-state index contributed by atoms with van der Waals surface area (Å²) < 4.78 is 47.1. The van der Waals surface area contributed by atoms with Crippen LogP contribution in [-0.4, -0.2) is 38.7 Å². The Hall–Kier alpha value is -4.76. The lowest BCUT2D eigenvalue weighted by molar-refractivity contribution is 0.0762. The molecule has 4 aromatic rings. The van der Waals surface area contributed by atoms with Gasteiger partial charge in [0.05, 0.1) is 17.5 Å². The standard InChI is InChI=1S/C35H34FN3O4S/c1-4-5-12-21-37-30-22-31(38(2)44(3,41)42)29-24-39(23-25-17-19-28(36)20-18-25)35(40)32(29)34(30)43-33(26-13-8-6-9-14-26)27-15-10-7-11-16-27/h5-22,33H,4,23-24H2,1-3H3/b12-5-,37-21-. The van der Waals surface area contributed by atoms with Crippen LogP contribution in [0.15, 0.2) is 108 Å². The number of fused-ring (bicyclic) bond motifs is 1. The van der Waals surface area contributed by atoms with E-state index in [0.29, 0.717) is 16.9 Å². The largest absolute Gasteiger partial charge is 0.478 e. The molecule has 44 heavy (non-hydrogen) atoms. The Bertz CT molecular complexity index is 1750. The molecule has 1 amide bonds. The number of carbonyl (C=O) groups excluding carboxylic acids is 1. The molecule has 0 spiro atoms. The van der Waals surface area contributed by atoms with Crippen LogP contribution in [0.5, 0.6) is 5.75 Å². The summed E-state index contributed by atoms with van der Waals surface area (Å²) in [5.74, 6) is -0.440. The zero-order valence-electron chi connectivity index (χ0n) is 24.9. The summed E-state index contributed by atoms with van der Waals surface area (Å²) in [5.41, 5.74) is 3.92. The number of hydrogen-bond donors (Lipinski definition) is 0. The van der Waals surface area contributed by atoms with Gasteiger partial charge in [-0.1, -0.05) is 85.8 Å². The predicted molar refractivity (Wildman–Crippen MR) is 173 cm³/mol. The van der Waals surface area contributed by atoms with Crippen molar-refractivity contribution in [3.05, 3.63) is 137 Å². The van der Waals surface area contributed by atoms with Crippen molar-refractivity contribution >= 4 is 33.5 Å². The van der Waals surface area contributed by atoms with Crippen molar-refractivity contribution < 1.29 is 22.3 Å². The first-order valence-corrected chi connectivity index (χ1v) is 16.2. The first-order valence-electron chi connectivity index (χ1n) is 14.3. The molecule has 0 fully saturated rings. The van der Waals surface area contributed by atoms with E-state index in [9.17, 15) is 17.6 Å². The fourth-order valence-corrected chi connectivity index (χ4v) is 5.64.